The van der Waals surface area contributed by atoms with Crippen LogP contribution >= 0.6 is 0 Å². The molecule has 0 bridgehead atoms. The van der Waals surface area contributed by atoms with Gasteiger partial charge in [-0.05, 0) is 5.56 Å². The van der Waals surface area contributed by atoms with Gasteiger partial charge in [-0.2, -0.15) is 0 Å². The van der Waals surface area contributed by atoms with Crippen LogP contribution in [0.4, 0.5) is 0 Å². The van der Waals surface area contributed by atoms with Crippen LogP contribution in [0.2, 0.25) is 0 Å². The molecular formula is C15H16N2O5. The second kappa shape index (κ2) is 5.98. The molecule has 7 heteroatoms. The molecule has 1 aliphatic rings. The lowest BCUT2D eigenvalue weighted by Crippen LogP contribution is -2.35. The van der Waals surface area contributed by atoms with Crippen LogP contribution in [0.1, 0.15) is 6.23 Å². The van der Waals surface area contributed by atoms with Crippen LogP contribution in [0.3, 0.4) is 0 Å². The molecule has 2 heterocycles. The quantitative estimate of drug-likeness (QED) is 0.707. The second-order valence-electron chi connectivity index (χ2n) is 5.13. The number of benzene rings is 1. The van der Waals surface area contributed by atoms with E-state index in [0.29, 0.717) is 5.56 Å². The number of rotatable bonds is 3. The number of aromatic nitrogens is 2. The summed E-state index contributed by atoms with van der Waals surface area (Å²) in [4.78, 5) is 15.7. The topological polar surface area (TPSA) is 105 Å². The van der Waals surface area contributed by atoms with E-state index in [1.165, 1.54) is 12.4 Å². The Bertz CT molecular complexity index is 703. The number of ether oxygens (including phenoxy) is 1. The SMILES string of the molecule is O=c1ncc(-c2ccccc2)cn1[C@@H]1O[C@H](CO)[C@@H](O)[C@H]1O. The Morgan fingerprint density at radius 2 is 1.86 bits per heavy atom. The zero-order valence-electron chi connectivity index (χ0n) is 11.6. The largest absolute Gasteiger partial charge is 0.394 e. The lowest BCUT2D eigenvalue weighted by Gasteiger charge is -2.17. The molecule has 7 nitrogen and oxygen atoms in total. The number of nitrogens with zero attached hydrogens (tertiary/aromatic N) is 2. The molecule has 4 atom stereocenters. The van der Waals surface area contributed by atoms with Gasteiger partial charge < -0.3 is 20.1 Å². The van der Waals surface area contributed by atoms with Crippen molar-refractivity contribution in [1.29, 1.82) is 0 Å². The predicted molar refractivity (Wildman–Crippen MR) is 76.9 cm³/mol. The van der Waals surface area contributed by atoms with Crippen molar-refractivity contribution in [3.05, 3.63) is 53.2 Å². The van der Waals surface area contributed by atoms with Crippen molar-refractivity contribution in [2.45, 2.75) is 24.5 Å². The number of aliphatic hydroxyl groups excluding tert-OH is 3. The predicted octanol–water partition coefficient (Wildman–Crippen LogP) is -0.478. The molecule has 116 valence electrons. The first kappa shape index (κ1) is 14.9. The Labute approximate surface area is 126 Å². The van der Waals surface area contributed by atoms with Crippen molar-refractivity contribution < 1.29 is 20.1 Å². The maximum absolute atomic E-state index is 12.0. The minimum atomic E-state index is -1.32. The van der Waals surface area contributed by atoms with Gasteiger partial charge in [-0.15, -0.1) is 0 Å². The summed E-state index contributed by atoms with van der Waals surface area (Å²) >= 11 is 0. The van der Waals surface area contributed by atoms with E-state index in [9.17, 15) is 15.0 Å². The summed E-state index contributed by atoms with van der Waals surface area (Å²) < 4.78 is 6.50. The monoisotopic (exact) mass is 304 g/mol. The average Bonchev–Trinajstić information content (AvgIpc) is 2.84. The number of hydrogen-bond donors (Lipinski definition) is 3. The minimum absolute atomic E-state index is 0.449. The normalized spacial score (nSPS) is 28.0. The van der Waals surface area contributed by atoms with Gasteiger partial charge in [0.25, 0.3) is 0 Å². The van der Waals surface area contributed by atoms with Gasteiger partial charge in [-0.3, -0.25) is 4.57 Å². The van der Waals surface area contributed by atoms with Crippen molar-refractivity contribution in [2.75, 3.05) is 6.61 Å². The fourth-order valence-electron chi connectivity index (χ4n) is 2.50. The van der Waals surface area contributed by atoms with Crippen LogP contribution in [0.25, 0.3) is 11.1 Å². The Kier molecular flexibility index (Phi) is 4.04. The standard InChI is InChI=1S/C15H16N2O5/c18-8-11-12(19)13(20)14(22-11)17-7-10(6-16-15(17)21)9-4-2-1-3-5-9/h1-7,11-14,18-20H,8H2/t11-,12-,13-,14-/m1/s1. The third kappa shape index (κ3) is 2.55. The molecule has 1 saturated heterocycles. The first-order valence-corrected chi connectivity index (χ1v) is 6.88. The van der Waals surface area contributed by atoms with Crippen LogP contribution in [0.15, 0.2) is 47.5 Å². The van der Waals surface area contributed by atoms with Gasteiger partial charge in [0.05, 0.1) is 6.61 Å². The van der Waals surface area contributed by atoms with Gasteiger partial charge >= 0.3 is 5.69 Å². The van der Waals surface area contributed by atoms with Gasteiger partial charge in [0, 0.05) is 18.0 Å². The van der Waals surface area contributed by atoms with E-state index >= 15 is 0 Å². The first-order chi connectivity index (χ1) is 10.6. The van der Waals surface area contributed by atoms with Crippen molar-refractivity contribution in [3.63, 3.8) is 0 Å². The molecule has 3 rings (SSSR count). The second-order valence-corrected chi connectivity index (χ2v) is 5.13. The summed E-state index contributed by atoms with van der Waals surface area (Å²) in [6.07, 6.45) is -1.64. The summed E-state index contributed by atoms with van der Waals surface area (Å²) in [6, 6.07) is 9.32. The molecular weight excluding hydrogens is 288 g/mol. The average molecular weight is 304 g/mol. The molecule has 1 aliphatic heterocycles. The summed E-state index contributed by atoms with van der Waals surface area (Å²) in [5.74, 6) is 0. The molecule has 1 aromatic carbocycles. The minimum Gasteiger partial charge on any atom is -0.394 e. The molecule has 1 aromatic heterocycles. The maximum Gasteiger partial charge on any atom is 0.349 e. The molecule has 0 amide bonds. The van der Waals surface area contributed by atoms with Gasteiger partial charge in [0.15, 0.2) is 6.23 Å². The summed E-state index contributed by atoms with van der Waals surface area (Å²) in [7, 11) is 0. The maximum atomic E-state index is 12.0. The Morgan fingerprint density at radius 1 is 1.14 bits per heavy atom. The molecule has 3 N–H and O–H groups in total. The van der Waals surface area contributed by atoms with Crippen molar-refractivity contribution in [3.8, 4) is 11.1 Å². The molecule has 0 aliphatic carbocycles. The van der Waals surface area contributed by atoms with E-state index in [4.69, 9.17) is 9.84 Å². The fraction of sp³-hybridized carbons (Fsp3) is 0.333. The number of hydrogen-bond acceptors (Lipinski definition) is 6. The Balaban J connectivity index is 1.99. The van der Waals surface area contributed by atoms with Gasteiger partial charge in [-0.25, -0.2) is 9.78 Å². The molecule has 1 fully saturated rings. The van der Waals surface area contributed by atoms with Gasteiger partial charge in [-0.1, -0.05) is 30.3 Å². The third-order valence-corrected chi connectivity index (χ3v) is 3.71. The summed E-state index contributed by atoms with van der Waals surface area (Å²) in [6.45, 7) is -0.449. The fourth-order valence-corrected chi connectivity index (χ4v) is 2.50. The van der Waals surface area contributed by atoms with Crippen LogP contribution in [-0.4, -0.2) is 49.8 Å². The molecule has 0 spiro atoms. The van der Waals surface area contributed by atoms with E-state index < -0.39 is 36.8 Å². The third-order valence-electron chi connectivity index (χ3n) is 3.71. The Morgan fingerprint density at radius 3 is 2.50 bits per heavy atom. The highest BCUT2D eigenvalue weighted by Gasteiger charge is 2.43. The molecule has 2 aromatic rings. The highest BCUT2D eigenvalue weighted by molar-refractivity contribution is 5.61. The highest BCUT2D eigenvalue weighted by atomic mass is 16.6. The molecule has 0 unspecified atom stereocenters. The zero-order valence-corrected chi connectivity index (χ0v) is 11.6. The summed E-state index contributed by atoms with van der Waals surface area (Å²) in [5, 5.41) is 28.9. The van der Waals surface area contributed by atoms with E-state index in [1.807, 2.05) is 30.3 Å². The molecule has 0 saturated carbocycles. The lowest BCUT2D eigenvalue weighted by atomic mass is 10.1. The van der Waals surface area contributed by atoms with Gasteiger partial charge in [0.2, 0.25) is 0 Å². The van der Waals surface area contributed by atoms with Crippen LogP contribution in [0.5, 0.6) is 0 Å². The molecule has 0 radical (unpaired) electrons. The van der Waals surface area contributed by atoms with Crippen molar-refractivity contribution in [2.24, 2.45) is 0 Å². The van der Waals surface area contributed by atoms with E-state index in [1.54, 1.807) is 0 Å². The van der Waals surface area contributed by atoms with Gasteiger partial charge in [0.1, 0.15) is 18.3 Å². The first-order valence-electron chi connectivity index (χ1n) is 6.88. The van der Waals surface area contributed by atoms with E-state index in [0.717, 1.165) is 10.1 Å². The van der Waals surface area contributed by atoms with Crippen LogP contribution in [-0.2, 0) is 4.74 Å². The van der Waals surface area contributed by atoms with Crippen LogP contribution in [0, 0.1) is 0 Å². The highest BCUT2D eigenvalue weighted by Crippen LogP contribution is 2.29. The van der Waals surface area contributed by atoms with Crippen LogP contribution < -0.4 is 5.69 Å². The van der Waals surface area contributed by atoms with Crippen molar-refractivity contribution in [1.82, 2.24) is 9.55 Å². The molecule has 22 heavy (non-hydrogen) atoms. The lowest BCUT2D eigenvalue weighted by molar-refractivity contribution is -0.0549. The van der Waals surface area contributed by atoms with E-state index in [2.05, 4.69) is 4.98 Å². The van der Waals surface area contributed by atoms with E-state index in [-0.39, 0.29) is 0 Å². The van der Waals surface area contributed by atoms with Crippen molar-refractivity contribution >= 4 is 0 Å². The zero-order chi connectivity index (χ0) is 15.7. The smallest absolute Gasteiger partial charge is 0.349 e. The number of aliphatic hydroxyl groups is 3. The summed E-state index contributed by atoms with van der Waals surface area (Å²) in [5.41, 5.74) is 0.933. The Hall–Kier alpha value is -2.06.